The monoisotopic (exact) mass is 492 g/mol. The predicted octanol–water partition coefficient (Wildman–Crippen LogP) is 3.82. The van der Waals surface area contributed by atoms with E-state index in [4.69, 9.17) is 4.74 Å². The van der Waals surface area contributed by atoms with Crippen LogP contribution in [-0.4, -0.2) is 37.7 Å². The number of alkyl halides is 3. The lowest BCUT2D eigenvalue weighted by Gasteiger charge is -2.22. The summed E-state index contributed by atoms with van der Waals surface area (Å²) in [7, 11) is 0. The molecular formula is C22H23F3N6O4. The first-order valence-electron chi connectivity index (χ1n) is 10.4. The number of aromatic nitrogens is 4. The third-order valence-electron chi connectivity index (χ3n) is 4.69. The molecule has 0 aliphatic carbocycles. The summed E-state index contributed by atoms with van der Waals surface area (Å²) < 4.78 is 45.8. The van der Waals surface area contributed by atoms with Gasteiger partial charge in [0.2, 0.25) is 0 Å². The highest BCUT2D eigenvalue weighted by atomic mass is 19.4. The molecule has 35 heavy (non-hydrogen) atoms. The van der Waals surface area contributed by atoms with E-state index in [9.17, 15) is 27.9 Å². The molecule has 0 radical (unpaired) electrons. The molecular weight excluding hydrogens is 469 g/mol. The summed E-state index contributed by atoms with van der Waals surface area (Å²) >= 11 is 0. The molecule has 0 spiro atoms. The smallest absolute Gasteiger partial charge is 0.418 e. The Kier molecular flexibility index (Phi) is 7.10. The number of nitrogens with zero attached hydrogens (tertiary/aromatic N) is 3. The number of pyridine rings is 2. The van der Waals surface area contributed by atoms with Crippen molar-refractivity contribution >= 4 is 17.4 Å². The molecule has 0 saturated heterocycles. The van der Waals surface area contributed by atoms with Crippen LogP contribution in [0.5, 0.6) is 5.75 Å². The number of aryl methyl sites for hydroxylation is 1. The molecule has 0 bridgehead atoms. The number of hydrogen-bond donors (Lipinski definition) is 4. The molecule has 13 heteroatoms. The van der Waals surface area contributed by atoms with Crippen molar-refractivity contribution in [3.05, 3.63) is 58.0 Å². The van der Waals surface area contributed by atoms with Crippen LogP contribution in [0.2, 0.25) is 0 Å². The summed E-state index contributed by atoms with van der Waals surface area (Å²) in [4.78, 5) is 38.7. The Labute approximate surface area is 197 Å². The maximum atomic E-state index is 13.4. The van der Waals surface area contributed by atoms with Crippen LogP contribution in [0.15, 0.2) is 35.5 Å². The van der Waals surface area contributed by atoms with Crippen molar-refractivity contribution in [3.63, 3.8) is 0 Å². The number of hydrogen-bond acceptors (Lipinski definition) is 7. The van der Waals surface area contributed by atoms with E-state index in [-0.39, 0.29) is 28.5 Å². The van der Waals surface area contributed by atoms with Gasteiger partial charge >= 0.3 is 12.2 Å². The molecule has 3 heterocycles. The van der Waals surface area contributed by atoms with Crippen molar-refractivity contribution in [3.8, 4) is 17.1 Å². The van der Waals surface area contributed by atoms with Crippen molar-refractivity contribution in [1.29, 1.82) is 0 Å². The minimum absolute atomic E-state index is 0.200. The summed E-state index contributed by atoms with van der Waals surface area (Å²) in [6.45, 7) is 6.03. The number of aliphatic hydroxyl groups is 1. The molecule has 0 aromatic carbocycles. The summed E-state index contributed by atoms with van der Waals surface area (Å²) in [6, 6.07) is 1.11. The molecule has 186 valence electrons. The van der Waals surface area contributed by atoms with E-state index in [1.165, 1.54) is 32.3 Å². The Bertz CT molecular complexity index is 1300. The molecule has 3 aromatic rings. The molecule has 2 amide bonds. The number of halogens is 3. The summed E-state index contributed by atoms with van der Waals surface area (Å²) in [5, 5.41) is 14.7. The largest absolute Gasteiger partial charge is 0.493 e. The van der Waals surface area contributed by atoms with Crippen LogP contribution in [0.25, 0.3) is 11.4 Å². The van der Waals surface area contributed by atoms with Gasteiger partial charge in [0, 0.05) is 12.3 Å². The fraction of sp³-hybridized carbons (Fsp3) is 0.318. The highest BCUT2D eigenvalue weighted by molar-refractivity contribution is 6.00. The molecule has 3 aromatic heterocycles. The van der Waals surface area contributed by atoms with Crippen molar-refractivity contribution < 1.29 is 27.8 Å². The van der Waals surface area contributed by atoms with Gasteiger partial charge in [0.15, 0.2) is 5.82 Å². The Hall–Kier alpha value is -4.00. The summed E-state index contributed by atoms with van der Waals surface area (Å²) in [6.07, 6.45) is -1.06. The topological polar surface area (TPSA) is 142 Å². The van der Waals surface area contributed by atoms with Crippen LogP contribution >= 0.6 is 0 Å². The number of H-pyrrole nitrogens is 1. The number of urea groups is 1. The normalized spacial score (nSPS) is 11.8. The number of rotatable bonds is 6. The van der Waals surface area contributed by atoms with Crippen LogP contribution in [-0.2, 0) is 11.8 Å². The van der Waals surface area contributed by atoms with E-state index in [1.54, 1.807) is 13.8 Å². The fourth-order valence-electron chi connectivity index (χ4n) is 3.14. The highest BCUT2D eigenvalue weighted by Gasteiger charge is 2.38. The second-order valence-electron chi connectivity index (χ2n) is 7.96. The zero-order valence-electron chi connectivity index (χ0n) is 19.2. The van der Waals surface area contributed by atoms with Crippen molar-refractivity contribution in [2.24, 2.45) is 0 Å². The molecule has 0 unspecified atom stereocenters. The van der Waals surface area contributed by atoms with Gasteiger partial charge in [0.1, 0.15) is 11.4 Å². The Morgan fingerprint density at radius 3 is 2.49 bits per heavy atom. The maximum absolute atomic E-state index is 13.4. The van der Waals surface area contributed by atoms with Gasteiger partial charge in [-0.05, 0) is 33.8 Å². The van der Waals surface area contributed by atoms with E-state index in [0.717, 1.165) is 6.20 Å². The van der Waals surface area contributed by atoms with Gasteiger partial charge in [-0.1, -0.05) is 0 Å². The second kappa shape index (κ2) is 9.70. The fourth-order valence-corrected chi connectivity index (χ4v) is 3.14. The van der Waals surface area contributed by atoms with Gasteiger partial charge in [-0.25, -0.2) is 14.8 Å². The van der Waals surface area contributed by atoms with E-state index < -0.39 is 29.1 Å². The molecule has 0 atom stereocenters. The van der Waals surface area contributed by atoms with E-state index in [2.05, 4.69) is 30.6 Å². The van der Waals surface area contributed by atoms with Gasteiger partial charge in [-0.3, -0.25) is 9.78 Å². The number of anilines is 2. The minimum Gasteiger partial charge on any atom is -0.493 e. The van der Waals surface area contributed by atoms with Gasteiger partial charge in [0.25, 0.3) is 5.56 Å². The molecule has 0 saturated carbocycles. The molecule has 0 aliphatic heterocycles. The third-order valence-corrected chi connectivity index (χ3v) is 4.69. The first kappa shape index (κ1) is 25.6. The zero-order valence-corrected chi connectivity index (χ0v) is 19.2. The van der Waals surface area contributed by atoms with Gasteiger partial charge in [-0.2, -0.15) is 13.2 Å². The lowest BCUT2D eigenvalue weighted by atomic mass is 9.98. The SMILES string of the molecule is CCOc1cc(=O)[nH]cc1-c1ncc(NC(=O)Nc2cnc(C(C)(C)O)c(C(F)(F)F)c2)c(C)n1. The Morgan fingerprint density at radius 1 is 1.17 bits per heavy atom. The maximum Gasteiger partial charge on any atom is 0.418 e. The average Bonchev–Trinajstić information content (AvgIpc) is 2.74. The Balaban J connectivity index is 1.81. The van der Waals surface area contributed by atoms with Crippen LogP contribution in [0.4, 0.5) is 29.3 Å². The van der Waals surface area contributed by atoms with E-state index in [1.807, 2.05) is 0 Å². The lowest BCUT2D eigenvalue weighted by molar-refractivity contribution is -0.140. The predicted molar refractivity (Wildman–Crippen MR) is 121 cm³/mol. The van der Waals surface area contributed by atoms with Crippen molar-refractivity contribution in [1.82, 2.24) is 19.9 Å². The van der Waals surface area contributed by atoms with Crippen LogP contribution in [0.3, 0.4) is 0 Å². The minimum atomic E-state index is -4.79. The number of ether oxygens (including phenoxy) is 1. The van der Waals surface area contributed by atoms with Crippen LogP contribution < -0.4 is 20.9 Å². The highest BCUT2D eigenvalue weighted by Crippen LogP contribution is 2.37. The molecule has 10 nitrogen and oxygen atoms in total. The zero-order chi connectivity index (χ0) is 26.0. The number of carbonyl (C=O) groups is 1. The lowest BCUT2D eigenvalue weighted by Crippen LogP contribution is -2.25. The molecule has 0 aliphatic rings. The number of carbonyl (C=O) groups excluding carboxylic acids is 1. The van der Waals surface area contributed by atoms with E-state index >= 15 is 0 Å². The average molecular weight is 492 g/mol. The summed E-state index contributed by atoms with van der Waals surface area (Å²) in [5.41, 5.74) is -3.17. The standard InChI is InChI=1S/C22H23F3N6O4/c1-5-35-16-7-17(32)26-9-13(16)19-28-10-15(11(2)29-19)31-20(33)30-12-6-14(22(23,24)25)18(27-8-12)21(3,4)34/h6-10,34H,5H2,1-4H3,(H,26,32)(H2,30,31,33). The number of amides is 2. The Morgan fingerprint density at radius 2 is 1.89 bits per heavy atom. The quantitative estimate of drug-likeness (QED) is 0.410. The van der Waals surface area contributed by atoms with Crippen molar-refractivity contribution in [2.75, 3.05) is 17.2 Å². The first-order valence-corrected chi connectivity index (χ1v) is 10.4. The van der Waals surface area contributed by atoms with Gasteiger partial charge < -0.3 is 25.5 Å². The number of aromatic amines is 1. The van der Waals surface area contributed by atoms with Crippen LogP contribution in [0.1, 0.15) is 37.7 Å². The number of nitrogens with one attached hydrogen (secondary N) is 3. The third kappa shape index (κ3) is 6.12. The second-order valence-corrected chi connectivity index (χ2v) is 7.96. The molecule has 3 rings (SSSR count). The van der Waals surface area contributed by atoms with Gasteiger partial charge in [-0.15, -0.1) is 0 Å². The first-order chi connectivity index (χ1) is 16.3. The van der Waals surface area contributed by atoms with E-state index in [0.29, 0.717) is 23.9 Å². The molecule has 4 N–H and O–H groups in total. The van der Waals surface area contributed by atoms with Gasteiger partial charge in [0.05, 0.1) is 52.9 Å². The van der Waals surface area contributed by atoms with Crippen LogP contribution in [0, 0.1) is 6.92 Å². The molecule has 0 fully saturated rings. The van der Waals surface area contributed by atoms with Crippen molar-refractivity contribution in [2.45, 2.75) is 39.5 Å². The summed E-state index contributed by atoms with van der Waals surface area (Å²) in [5.74, 6) is 0.519.